The molecular weight excluding hydrogens is 398 g/mol. The minimum atomic E-state index is 0.130. The van der Waals surface area contributed by atoms with Crippen LogP contribution >= 0.6 is 0 Å². The lowest BCUT2D eigenvalue weighted by Gasteiger charge is -2.14. The van der Waals surface area contributed by atoms with Crippen molar-refractivity contribution in [3.8, 4) is 5.75 Å². The topological polar surface area (TPSA) is 56.2 Å². The van der Waals surface area contributed by atoms with Crippen molar-refractivity contribution in [3.63, 3.8) is 0 Å². The van der Waals surface area contributed by atoms with Gasteiger partial charge in [-0.15, -0.1) is 0 Å². The number of nitrogens with zero attached hydrogens (tertiary/aromatic N) is 2. The van der Waals surface area contributed by atoms with Gasteiger partial charge in [0, 0.05) is 25.9 Å². The zero-order valence-corrected chi connectivity index (χ0v) is 19.8. The first kappa shape index (κ1) is 23.8. The number of carbonyl (C=O) groups is 1. The van der Waals surface area contributed by atoms with E-state index in [0.29, 0.717) is 18.9 Å². The molecular formula is C27H37N3O2. The van der Waals surface area contributed by atoms with E-state index in [1.54, 1.807) is 0 Å². The summed E-state index contributed by atoms with van der Waals surface area (Å²) in [5.74, 6) is 2.72. The summed E-state index contributed by atoms with van der Waals surface area (Å²) < 4.78 is 8.49. The zero-order valence-electron chi connectivity index (χ0n) is 19.8. The number of rotatable bonds is 13. The summed E-state index contributed by atoms with van der Waals surface area (Å²) in [6.07, 6.45) is 5.61. The molecule has 32 heavy (non-hydrogen) atoms. The van der Waals surface area contributed by atoms with Gasteiger partial charge in [-0.3, -0.25) is 4.79 Å². The third-order valence-corrected chi connectivity index (χ3v) is 5.78. The lowest BCUT2D eigenvalue weighted by atomic mass is 10.0. The summed E-state index contributed by atoms with van der Waals surface area (Å²) in [7, 11) is 0. The number of imidazole rings is 1. The molecule has 1 amide bonds. The van der Waals surface area contributed by atoms with Crippen LogP contribution in [0, 0.1) is 0 Å². The molecule has 172 valence electrons. The minimum absolute atomic E-state index is 0.130. The second kappa shape index (κ2) is 12.3. The fourth-order valence-corrected chi connectivity index (χ4v) is 4.00. The van der Waals surface area contributed by atoms with Gasteiger partial charge in [0.1, 0.15) is 11.6 Å². The number of carbonyl (C=O) groups excluding carboxylic acids is 1. The number of amides is 1. The smallest absolute Gasteiger partial charge is 0.219 e. The molecule has 0 fully saturated rings. The summed E-state index contributed by atoms with van der Waals surface area (Å²) >= 11 is 0. The van der Waals surface area contributed by atoms with Crippen molar-refractivity contribution < 1.29 is 9.53 Å². The molecule has 0 aliphatic rings. The zero-order chi connectivity index (χ0) is 22.8. The molecule has 5 nitrogen and oxygen atoms in total. The van der Waals surface area contributed by atoms with E-state index < -0.39 is 0 Å². The van der Waals surface area contributed by atoms with Gasteiger partial charge in [-0.25, -0.2) is 4.98 Å². The Morgan fingerprint density at radius 2 is 1.81 bits per heavy atom. The van der Waals surface area contributed by atoms with Crippen LogP contribution in [0.25, 0.3) is 11.0 Å². The van der Waals surface area contributed by atoms with Crippen molar-refractivity contribution in [2.45, 2.75) is 71.8 Å². The Morgan fingerprint density at radius 1 is 1.03 bits per heavy atom. The third-order valence-electron chi connectivity index (χ3n) is 5.78. The van der Waals surface area contributed by atoms with Crippen molar-refractivity contribution in [3.05, 3.63) is 59.9 Å². The number of benzene rings is 2. The molecule has 1 N–H and O–H groups in total. The van der Waals surface area contributed by atoms with Gasteiger partial charge in [0.15, 0.2) is 0 Å². The van der Waals surface area contributed by atoms with Gasteiger partial charge in [0.2, 0.25) is 5.91 Å². The van der Waals surface area contributed by atoms with Gasteiger partial charge in [-0.1, -0.05) is 57.5 Å². The first-order chi connectivity index (χ1) is 15.6. The van der Waals surface area contributed by atoms with Crippen LogP contribution < -0.4 is 10.1 Å². The van der Waals surface area contributed by atoms with Crippen LogP contribution in [0.2, 0.25) is 0 Å². The molecule has 0 saturated carbocycles. The summed E-state index contributed by atoms with van der Waals surface area (Å²) in [5.41, 5.74) is 3.51. The molecule has 5 heteroatoms. The molecule has 0 aliphatic carbocycles. The number of aromatic nitrogens is 2. The van der Waals surface area contributed by atoms with E-state index in [9.17, 15) is 4.79 Å². The molecule has 1 aromatic heterocycles. The SMILES string of the molecule is CCC(=O)NCCCCCc1nc2ccccc2n1CCCOc1ccccc1C(C)C. The summed E-state index contributed by atoms with van der Waals surface area (Å²) in [5, 5.41) is 2.95. The van der Waals surface area contributed by atoms with Gasteiger partial charge in [0.05, 0.1) is 17.6 Å². The maximum atomic E-state index is 11.3. The van der Waals surface area contributed by atoms with Gasteiger partial charge in [-0.05, 0) is 48.9 Å². The third kappa shape index (κ3) is 6.59. The Balaban J connectivity index is 1.54. The Kier molecular flexibility index (Phi) is 9.14. The summed E-state index contributed by atoms with van der Waals surface area (Å²) in [6, 6.07) is 16.7. The van der Waals surface area contributed by atoms with Crippen molar-refractivity contribution in [2.24, 2.45) is 0 Å². The highest BCUT2D eigenvalue weighted by atomic mass is 16.5. The normalized spacial score (nSPS) is 11.2. The second-order valence-electron chi connectivity index (χ2n) is 8.58. The van der Waals surface area contributed by atoms with E-state index in [-0.39, 0.29) is 5.91 Å². The highest BCUT2D eigenvalue weighted by Crippen LogP contribution is 2.26. The molecule has 0 unspecified atom stereocenters. The predicted molar refractivity (Wildman–Crippen MR) is 131 cm³/mol. The number of fused-ring (bicyclic) bond motifs is 1. The maximum Gasteiger partial charge on any atom is 0.219 e. The largest absolute Gasteiger partial charge is 0.493 e. The standard InChI is InChI=1S/C27H37N3O2/c1-4-27(31)28-18-11-5-6-17-26-29-23-14-8-9-15-24(23)30(26)19-12-20-32-25-16-10-7-13-22(25)21(2)3/h7-10,13-16,21H,4-6,11-12,17-20H2,1-3H3,(H,28,31). The van der Waals surface area contributed by atoms with Gasteiger partial charge >= 0.3 is 0 Å². The van der Waals surface area contributed by atoms with Crippen LogP contribution in [0.4, 0.5) is 0 Å². The van der Waals surface area contributed by atoms with E-state index in [0.717, 1.165) is 62.3 Å². The van der Waals surface area contributed by atoms with Crippen LogP contribution in [0.3, 0.4) is 0 Å². The average molecular weight is 436 g/mol. The minimum Gasteiger partial charge on any atom is -0.493 e. The quantitative estimate of drug-likeness (QED) is 0.342. The van der Waals surface area contributed by atoms with E-state index in [4.69, 9.17) is 9.72 Å². The van der Waals surface area contributed by atoms with E-state index in [1.807, 2.05) is 19.1 Å². The molecule has 0 radical (unpaired) electrons. The van der Waals surface area contributed by atoms with E-state index in [2.05, 4.69) is 60.1 Å². The lowest BCUT2D eigenvalue weighted by Crippen LogP contribution is -2.23. The van der Waals surface area contributed by atoms with Crippen LogP contribution in [0.1, 0.15) is 70.2 Å². The van der Waals surface area contributed by atoms with Crippen LogP contribution in [0.15, 0.2) is 48.5 Å². The fourth-order valence-electron chi connectivity index (χ4n) is 4.00. The first-order valence-corrected chi connectivity index (χ1v) is 12.0. The molecule has 2 aromatic carbocycles. The molecule has 0 bridgehead atoms. The van der Waals surface area contributed by atoms with E-state index >= 15 is 0 Å². The molecule has 0 aliphatic heterocycles. The summed E-state index contributed by atoms with van der Waals surface area (Å²) in [4.78, 5) is 16.2. The Labute approximate surface area is 192 Å². The van der Waals surface area contributed by atoms with Crippen molar-refractivity contribution in [2.75, 3.05) is 13.2 Å². The molecule has 0 atom stereocenters. The van der Waals surface area contributed by atoms with E-state index in [1.165, 1.54) is 11.1 Å². The van der Waals surface area contributed by atoms with Gasteiger partial charge in [0.25, 0.3) is 0 Å². The predicted octanol–water partition coefficient (Wildman–Crippen LogP) is 5.87. The lowest BCUT2D eigenvalue weighted by molar-refractivity contribution is -0.120. The van der Waals surface area contributed by atoms with Crippen molar-refractivity contribution in [1.82, 2.24) is 14.9 Å². The highest BCUT2D eigenvalue weighted by Gasteiger charge is 2.11. The fraction of sp³-hybridized carbons (Fsp3) is 0.481. The number of ether oxygens (including phenoxy) is 1. The maximum absolute atomic E-state index is 11.3. The van der Waals surface area contributed by atoms with Crippen LogP contribution in [-0.4, -0.2) is 28.6 Å². The number of para-hydroxylation sites is 3. The Morgan fingerprint density at radius 3 is 2.62 bits per heavy atom. The van der Waals surface area contributed by atoms with Crippen molar-refractivity contribution >= 4 is 16.9 Å². The van der Waals surface area contributed by atoms with Crippen LogP contribution in [-0.2, 0) is 17.8 Å². The molecule has 3 rings (SSSR count). The summed E-state index contributed by atoms with van der Waals surface area (Å²) in [6.45, 7) is 8.62. The van der Waals surface area contributed by atoms with Crippen LogP contribution in [0.5, 0.6) is 5.75 Å². The molecule has 3 aromatic rings. The number of unbranched alkanes of at least 4 members (excludes halogenated alkanes) is 2. The number of aryl methyl sites for hydroxylation is 2. The molecule has 1 heterocycles. The average Bonchev–Trinajstić information content (AvgIpc) is 3.16. The highest BCUT2D eigenvalue weighted by molar-refractivity contribution is 5.76. The molecule has 0 spiro atoms. The van der Waals surface area contributed by atoms with Crippen molar-refractivity contribution in [1.29, 1.82) is 0 Å². The Bertz CT molecular complexity index is 993. The Hall–Kier alpha value is -2.82. The monoisotopic (exact) mass is 435 g/mol. The molecule has 0 saturated heterocycles. The number of hydrogen-bond donors (Lipinski definition) is 1. The van der Waals surface area contributed by atoms with Gasteiger partial charge in [-0.2, -0.15) is 0 Å². The number of hydrogen-bond acceptors (Lipinski definition) is 3. The number of nitrogens with one attached hydrogen (secondary N) is 1. The van der Waals surface area contributed by atoms with Gasteiger partial charge < -0.3 is 14.6 Å². The second-order valence-corrected chi connectivity index (χ2v) is 8.58. The first-order valence-electron chi connectivity index (χ1n) is 12.0.